The molecule has 6 nitrogen and oxygen atoms in total. The zero-order chi connectivity index (χ0) is 26.4. The van der Waals surface area contributed by atoms with Crippen LogP contribution in [-0.2, 0) is 22.6 Å². The standard InChI is InChI=1S/C26H23F3N2O4S/c1-15(2)18-5-7-21(8-6-18)36(34,35)31-20(11-17-4-9-22(25(32)33)16(3)10-17)12-19-13-24(26(27,28)29)30-14-23(19)31/h4-10,12-15H,11H2,1-3H3,(H,32,33). The molecule has 0 fully saturated rings. The molecule has 0 aliphatic carbocycles. The van der Waals surface area contributed by atoms with E-state index >= 15 is 0 Å². The first-order valence-corrected chi connectivity index (χ1v) is 12.5. The van der Waals surface area contributed by atoms with Crippen molar-refractivity contribution in [2.45, 2.75) is 44.2 Å². The quantitative estimate of drug-likeness (QED) is 0.339. The first-order chi connectivity index (χ1) is 16.8. The molecule has 0 unspecified atom stereocenters. The van der Waals surface area contributed by atoms with Gasteiger partial charge in [-0.05, 0) is 59.9 Å². The molecule has 0 saturated heterocycles. The number of aromatic nitrogens is 2. The number of fused-ring (bicyclic) bond motifs is 1. The molecule has 0 radical (unpaired) electrons. The summed E-state index contributed by atoms with van der Waals surface area (Å²) in [6, 6.07) is 13.2. The van der Waals surface area contributed by atoms with E-state index in [4.69, 9.17) is 0 Å². The number of hydrogen-bond donors (Lipinski definition) is 1. The smallest absolute Gasteiger partial charge is 0.433 e. The van der Waals surface area contributed by atoms with Gasteiger partial charge in [-0.1, -0.05) is 38.1 Å². The number of hydrogen-bond acceptors (Lipinski definition) is 4. The van der Waals surface area contributed by atoms with Crippen LogP contribution in [0.3, 0.4) is 0 Å². The van der Waals surface area contributed by atoms with E-state index in [1.165, 1.54) is 24.3 Å². The van der Waals surface area contributed by atoms with Crippen LogP contribution in [0.1, 0.15) is 58.2 Å². The lowest BCUT2D eigenvalue weighted by Crippen LogP contribution is -2.16. The van der Waals surface area contributed by atoms with Gasteiger partial charge in [0.15, 0.2) is 0 Å². The van der Waals surface area contributed by atoms with E-state index < -0.39 is 27.9 Å². The van der Waals surface area contributed by atoms with Crippen molar-refractivity contribution >= 4 is 26.9 Å². The highest BCUT2D eigenvalue weighted by molar-refractivity contribution is 7.90. The van der Waals surface area contributed by atoms with Gasteiger partial charge in [0.2, 0.25) is 0 Å². The Hall–Kier alpha value is -3.66. The Bertz CT molecular complexity index is 1570. The van der Waals surface area contributed by atoms with Crippen LogP contribution in [0.15, 0.2) is 65.7 Å². The van der Waals surface area contributed by atoms with Crippen LogP contribution < -0.4 is 0 Å². The third-order valence-corrected chi connectivity index (χ3v) is 7.78. The third kappa shape index (κ3) is 4.73. The Morgan fingerprint density at radius 1 is 1.06 bits per heavy atom. The van der Waals surface area contributed by atoms with E-state index in [1.807, 2.05) is 13.8 Å². The Labute approximate surface area is 206 Å². The average molecular weight is 517 g/mol. The summed E-state index contributed by atoms with van der Waals surface area (Å²) >= 11 is 0. The van der Waals surface area contributed by atoms with Crippen molar-refractivity contribution in [1.29, 1.82) is 0 Å². The maximum absolute atomic E-state index is 13.7. The number of aryl methyl sites for hydroxylation is 1. The van der Waals surface area contributed by atoms with E-state index in [-0.39, 0.29) is 39.4 Å². The summed E-state index contributed by atoms with van der Waals surface area (Å²) in [6.07, 6.45) is -3.73. The summed E-state index contributed by atoms with van der Waals surface area (Å²) < 4.78 is 68.3. The van der Waals surface area contributed by atoms with Crippen molar-refractivity contribution in [1.82, 2.24) is 8.96 Å². The lowest BCUT2D eigenvalue weighted by Gasteiger charge is -2.14. The number of pyridine rings is 1. The number of carbonyl (C=O) groups is 1. The van der Waals surface area contributed by atoms with Gasteiger partial charge in [0.05, 0.1) is 22.2 Å². The Kier molecular flexibility index (Phi) is 6.42. The average Bonchev–Trinajstić information content (AvgIpc) is 3.16. The van der Waals surface area contributed by atoms with E-state index in [9.17, 15) is 31.5 Å². The highest BCUT2D eigenvalue weighted by Gasteiger charge is 2.33. The number of alkyl halides is 3. The van der Waals surface area contributed by atoms with Gasteiger partial charge in [-0.3, -0.25) is 0 Å². The van der Waals surface area contributed by atoms with Crippen LogP contribution in [0, 0.1) is 6.92 Å². The fourth-order valence-corrected chi connectivity index (χ4v) is 5.65. The highest BCUT2D eigenvalue weighted by atomic mass is 32.2. The van der Waals surface area contributed by atoms with Gasteiger partial charge in [0.25, 0.3) is 10.0 Å². The van der Waals surface area contributed by atoms with E-state index in [2.05, 4.69) is 4.98 Å². The number of rotatable bonds is 6. The molecule has 2 aromatic heterocycles. The van der Waals surface area contributed by atoms with Crippen molar-refractivity contribution in [2.75, 3.05) is 0 Å². The van der Waals surface area contributed by atoms with Gasteiger partial charge in [-0.2, -0.15) is 13.2 Å². The molecule has 188 valence electrons. The van der Waals surface area contributed by atoms with Crippen molar-refractivity contribution in [3.8, 4) is 0 Å². The number of carboxylic acids is 1. The summed E-state index contributed by atoms with van der Waals surface area (Å²) in [7, 11) is -4.19. The molecule has 0 saturated carbocycles. The zero-order valence-electron chi connectivity index (χ0n) is 19.7. The SMILES string of the molecule is Cc1cc(Cc2cc3cc(C(F)(F)F)ncc3n2S(=O)(=O)c2ccc(C(C)C)cc2)ccc1C(=O)O. The number of carboxylic acid groups (broad SMARTS) is 1. The molecular formula is C26H23F3N2O4S. The van der Waals surface area contributed by atoms with E-state index in [0.717, 1.165) is 21.8 Å². The Morgan fingerprint density at radius 2 is 1.72 bits per heavy atom. The van der Waals surface area contributed by atoms with Crippen LogP contribution >= 0.6 is 0 Å². The largest absolute Gasteiger partial charge is 0.478 e. The minimum atomic E-state index is -4.69. The first kappa shape index (κ1) is 25.4. The topological polar surface area (TPSA) is 89.3 Å². The maximum Gasteiger partial charge on any atom is 0.433 e. The predicted molar refractivity (Wildman–Crippen MR) is 129 cm³/mol. The molecular weight excluding hydrogens is 493 g/mol. The second-order valence-electron chi connectivity index (χ2n) is 8.89. The Balaban J connectivity index is 1.90. The van der Waals surface area contributed by atoms with Crippen LogP contribution in [0.25, 0.3) is 10.9 Å². The van der Waals surface area contributed by atoms with Crippen molar-refractivity contribution < 1.29 is 31.5 Å². The van der Waals surface area contributed by atoms with Crippen LogP contribution in [-0.4, -0.2) is 28.5 Å². The van der Waals surface area contributed by atoms with Gasteiger partial charge in [0, 0.05) is 17.5 Å². The van der Waals surface area contributed by atoms with Gasteiger partial charge in [-0.25, -0.2) is 22.2 Å². The molecule has 2 aromatic carbocycles. The number of halogens is 3. The monoisotopic (exact) mass is 516 g/mol. The van der Waals surface area contributed by atoms with Crippen molar-refractivity contribution in [3.63, 3.8) is 0 Å². The third-order valence-electron chi connectivity index (χ3n) is 6.00. The highest BCUT2D eigenvalue weighted by Crippen LogP contribution is 2.33. The summed E-state index contributed by atoms with van der Waals surface area (Å²) in [4.78, 5) is 14.8. The number of benzene rings is 2. The van der Waals surface area contributed by atoms with Crippen LogP contribution in [0.2, 0.25) is 0 Å². The lowest BCUT2D eigenvalue weighted by atomic mass is 10.0. The molecule has 0 aliphatic heterocycles. The van der Waals surface area contributed by atoms with Gasteiger partial charge in [0.1, 0.15) is 5.69 Å². The van der Waals surface area contributed by atoms with Crippen molar-refractivity contribution in [3.05, 3.63) is 94.4 Å². The fourth-order valence-electron chi connectivity index (χ4n) is 4.12. The second kappa shape index (κ2) is 9.09. The Morgan fingerprint density at radius 3 is 2.28 bits per heavy atom. The zero-order valence-corrected chi connectivity index (χ0v) is 20.5. The van der Waals surface area contributed by atoms with E-state index in [0.29, 0.717) is 11.1 Å². The summed E-state index contributed by atoms with van der Waals surface area (Å²) in [6.45, 7) is 5.57. The fraction of sp³-hybridized carbons (Fsp3) is 0.231. The molecule has 2 heterocycles. The lowest BCUT2D eigenvalue weighted by molar-refractivity contribution is -0.141. The maximum atomic E-state index is 13.7. The van der Waals surface area contributed by atoms with E-state index in [1.54, 1.807) is 31.2 Å². The predicted octanol–water partition coefficient (Wildman–Crippen LogP) is 6.01. The molecule has 4 rings (SSSR count). The normalized spacial score (nSPS) is 12.4. The van der Waals surface area contributed by atoms with Crippen LogP contribution in [0.4, 0.5) is 13.2 Å². The van der Waals surface area contributed by atoms with Gasteiger partial charge >= 0.3 is 12.1 Å². The molecule has 0 atom stereocenters. The van der Waals surface area contributed by atoms with Gasteiger partial charge < -0.3 is 5.11 Å². The second-order valence-corrected chi connectivity index (χ2v) is 10.7. The molecule has 4 aromatic rings. The molecule has 10 heteroatoms. The minimum absolute atomic E-state index is 0.0112. The van der Waals surface area contributed by atoms with Crippen molar-refractivity contribution in [2.24, 2.45) is 0 Å². The summed E-state index contributed by atoms with van der Waals surface area (Å²) in [5, 5.41) is 9.36. The molecule has 0 bridgehead atoms. The molecule has 0 aliphatic rings. The minimum Gasteiger partial charge on any atom is -0.478 e. The number of nitrogens with zero attached hydrogens (tertiary/aromatic N) is 2. The molecule has 0 amide bonds. The van der Waals surface area contributed by atoms with Gasteiger partial charge in [-0.15, -0.1) is 0 Å². The first-order valence-electron chi connectivity index (χ1n) is 11.0. The molecule has 0 spiro atoms. The molecule has 1 N–H and O–H groups in total. The summed E-state index contributed by atoms with van der Waals surface area (Å²) in [5.74, 6) is -0.905. The molecule has 36 heavy (non-hydrogen) atoms. The number of aromatic carboxylic acids is 1. The summed E-state index contributed by atoms with van der Waals surface area (Å²) in [5.41, 5.74) is 1.25. The van der Waals surface area contributed by atoms with Crippen LogP contribution in [0.5, 0.6) is 0 Å².